The van der Waals surface area contributed by atoms with Crippen molar-refractivity contribution < 1.29 is 9.90 Å². The van der Waals surface area contributed by atoms with Crippen molar-refractivity contribution in [3.05, 3.63) is 5.82 Å². The zero-order valence-electron chi connectivity index (χ0n) is 9.33. The average molecular weight is 224 g/mol. The van der Waals surface area contributed by atoms with Crippen molar-refractivity contribution in [2.24, 2.45) is 0 Å². The third kappa shape index (κ3) is 2.37. The Balaban J connectivity index is 2.16. The fourth-order valence-electron chi connectivity index (χ4n) is 1.92. The van der Waals surface area contributed by atoms with Gasteiger partial charge >= 0.3 is 5.97 Å². The number of aromatic nitrogens is 4. The predicted octanol–water partition coefficient (Wildman–Crippen LogP) is 1.37. The second-order valence-electron chi connectivity index (χ2n) is 4.30. The molecule has 1 atom stereocenters. The molecular formula is C10H16N4O2. The van der Waals surface area contributed by atoms with Crippen LogP contribution in [-0.2, 0) is 4.79 Å². The summed E-state index contributed by atoms with van der Waals surface area (Å²) < 4.78 is 1.72. The van der Waals surface area contributed by atoms with Crippen LogP contribution in [0.25, 0.3) is 0 Å². The number of carboxylic acids is 1. The molecule has 88 valence electrons. The van der Waals surface area contributed by atoms with Crippen molar-refractivity contribution in [2.75, 3.05) is 0 Å². The van der Waals surface area contributed by atoms with E-state index >= 15 is 0 Å². The molecule has 0 aromatic carbocycles. The maximum Gasteiger partial charge on any atom is 0.305 e. The summed E-state index contributed by atoms with van der Waals surface area (Å²) in [4.78, 5) is 10.8. The van der Waals surface area contributed by atoms with E-state index in [1.807, 2.05) is 6.92 Å². The number of carboxylic acid groups (broad SMARTS) is 1. The molecule has 0 bridgehead atoms. The van der Waals surface area contributed by atoms with Gasteiger partial charge in [0.2, 0.25) is 0 Å². The largest absolute Gasteiger partial charge is 0.481 e. The Morgan fingerprint density at radius 1 is 1.62 bits per heavy atom. The van der Waals surface area contributed by atoms with E-state index in [0.717, 1.165) is 31.5 Å². The van der Waals surface area contributed by atoms with Crippen molar-refractivity contribution in [3.8, 4) is 0 Å². The Kier molecular flexibility index (Phi) is 3.17. The molecular weight excluding hydrogens is 208 g/mol. The zero-order valence-corrected chi connectivity index (χ0v) is 9.33. The first kappa shape index (κ1) is 11.0. The van der Waals surface area contributed by atoms with Crippen LogP contribution in [0.4, 0.5) is 0 Å². The normalized spacial score (nSPS) is 17.3. The first-order valence-electron chi connectivity index (χ1n) is 5.72. The van der Waals surface area contributed by atoms with Gasteiger partial charge in [-0.15, -0.1) is 5.10 Å². The van der Waals surface area contributed by atoms with E-state index in [1.165, 1.54) is 0 Å². The first-order chi connectivity index (χ1) is 7.72. The average Bonchev–Trinajstić information content (AvgIpc) is 2.95. The molecule has 1 aliphatic rings. The number of rotatable bonds is 6. The summed E-state index contributed by atoms with van der Waals surface area (Å²) in [7, 11) is 0. The van der Waals surface area contributed by atoms with E-state index < -0.39 is 5.97 Å². The van der Waals surface area contributed by atoms with Gasteiger partial charge in [-0.3, -0.25) is 4.79 Å². The Bertz CT molecular complexity index is 373. The summed E-state index contributed by atoms with van der Waals surface area (Å²) in [6.07, 6.45) is 4.07. The van der Waals surface area contributed by atoms with Crippen LogP contribution in [0, 0.1) is 0 Å². The first-order valence-corrected chi connectivity index (χ1v) is 5.72. The van der Waals surface area contributed by atoms with Crippen LogP contribution >= 0.6 is 0 Å². The standard InChI is InChI=1S/C10H16N4O2/c1-2-3-8(6-9(15)16)14-10(7-4-5-7)11-12-13-14/h7-8H,2-6H2,1H3,(H,15,16). The van der Waals surface area contributed by atoms with E-state index in [-0.39, 0.29) is 12.5 Å². The maximum atomic E-state index is 10.8. The van der Waals surface area contributed by atoms with Gasteiger partial charge in [-0.05, 0) is 29.7 Å². The predicted molar refractivity (Wildman–Crippen MR) is 56.0 cm³/mol. The highest BCUT2D eigenvalue weighted by Gasteiger charge is 2.31. The Hall–Kier alpha value is -1.46. The topological polar surface area (TPSA) is 80.9 Å². The molecule has 1 N–H and O–H groups in total. The van der Waals surface area contributed by atoms with Crippen LogP contribution in [0.5, 0.6) is 0 Å². The quantitative estimate of drug-likeness (QED) is 0.789. The lowest BCUT2D eigenvalue weighted by Gasteiger charge is -2.15. The van der Waals surface area contributed by atoms with Crippen molar-refractivity contribution in [2.45, 2.75) is 51.0 Å². The summed E-state index contributed by atoms with van der Waals surface area (Å²) in [5.74, 6) is 0.513. The van der Waals surface area contributed by atoms with Crippen LogP contribution in [0.3, 0.4) is 0 Å². The molecule has 0 aliphatic heterocycles. The Morgan fingerprint density at radius 2 is 2.38 bits per heavy atom. The minimum atomic E-state index is -0.796. The van der Waals surface area contributed by atoms with Crippen LogP contribution < -0.4 is 0 Å². The maximum absolute atomic E-state index is 10.8. The fraction of sp³-hybridized carbons (Fsp3) is 0.800. The highest BCUT2D eigenvalue weighted by atomic mass is 16.4. The van der Waals surface area contributed by atoms with E-state index in [9.17, 15) is 4.79 Å². The van der Waals surface area contributed by atoms with Crippen molar-refractivity contribution in [3.63, 3.8) is 0 Å². The van der Waals surface area contributed by atoms with Gasteiger partial charge < -0.3 is 5.11 Å². The summed E-state index contributed by atoms with van der Waals surface area (Å²) in [6.45, 7) is 2.04. The number of nitrogens with zero attached hydrogens (tertiary/aromatic N) is 4. The Morgan fingerprint density at radius 3 is 2.94 bits per heavy atom. The van der Waals surface area contributed by atoms with Gasteiger partial charge in [0.15, 0.2) is 5.82 Å². The fourth-order valence-corrected chi connectivity index (χ4v) is 1.92. The number of hydrogen-bond donors (Lipinski definition) is 1. The van der Waals surface area contributed by atoms with Crippen LogP contribution in [0.1, 0.15) is 56.8 Å². The van der Waals surface area contributed by atoms with E-state index in [0.29, 0.717) is 5.92 Å². The molecule has 6 nitrogen and oxygen atoms in total. The molecule has 2 rings (SSSR count). The van der Waals surface area contributed by atoms with E-state index in [4.69, 9.17) is 5.11 Å². The van der Waals surface area contributed by atoms with Gasteiger partial charge in [0.1, 0.15) is 0 Å². The molecule has 1 unspecified atom stereocenters. The second kappa shape index (κ2) is 4.59. The molecule has 0 saturated heterocycles. The molecule has 1 aliphatic carbocycles. The third-order valence-electron chi connectivity index (χ3n) is 2.84. The lowest BCUT2D eigenvalue weighted by molar-refractivity contribution is -0.138. The SMILES string of the molecule is CCCC(CC(=O)O)n1nnnc1C1CC1. The van der Waals surface area contributed by atoms with Gasteiger partial charge in [0, 0.05) is 5.92 Å². The minimum absolute atomic E-state index is 0.0958. The zero-order chi connectivity index (χ0) is 11.5. The molecule has 1 heterocycles. The van der Waals surface area contributed by atoms with Crippen LogP contribution in [-0.4, -0.2) is 31.3 Å². The molecule has 1 fully saturated rings. The monoisotopic (exact) mass is 224 g/mol. The Labute approximate surface area is 93.6 Å². The molecule has 0 spiro atoms. The van der Waals surface area contributed by atoms with E-state index in [2.05, 4.69) is 15.5 Å². The summed E-state index contributed by atoms with van der Waals surface area (Å²) in [6, 6.07) is -0.104. The molecule has 0 amide bonds. The van der Waals surface area contributed by atoms with E-state index in [1.54, 1.807) is 4.68 Å². The molecule has 1 aromatic heterocycles. The number of aliphatic carboxylic acids is 1. The van der Waals surface area contributed by atoms with Gasteiger partial charge in [-0.25, -0.2) is 4.68 Å². The number of tetrazole rings is 1. The van der Waals surface area contributed by atoms with Crippen LogP contribution in [0.15, 0.2) is 0 Å². The molecule has 6 heteroatoms. The van der Waals surface area contributed by atoms with Gasteiger partial charge in [-0.1, -0.05) is 13.3 Å². The highest BCUT2D eigenvalue weighted by Crippen LogP contribution is 2.39. The molecule has 16 heavy (non-hydrogen) atoms. The third-order valence-corrected chi connectivity index (χ3v) is 2.84. The molecule has 1 aromatic rings. The molecule has 1 saturated carbocycles. The lowest BCUT2D eigenvalue weighted by Crippen LogP contribution is -2.17. The summed E-state index contributed by atoms with van der Waals surface area (Å²) in [5.41, 5.74) is 0. The number of carbonyl (C=O) groups is 1. The van der Waals surface area contributed by atoms with Crippen molar-refractivity contribution >= 4 is 5.97 Å². The van der Waals surface area contributed by atoms with Gasteiger partial charge in [0.05, 0.1) is 12.5 Å². The van der Waals surface area contributed by atoms with Gasteiger partial charge in [0.25, 0.3) is 0 Å². The van der Waals surface area contributed by atoms with Crippen molar-refractivity contribution in [1.82, 2.24) is 20.2 Å². The lowest BCUT2D eigenvalue weighted by atomic mass is 10.1. The second-order valence-corrected chi connectivity index (χ2v) is 4.30. The number of hydrogen-bond acceptors (Lipinski definition) is 4. The van der Waals surface area contributed by atoms with Crippen molar-refractivity contribution in [1.29, 1.82) is 0 Å². The summed E-state index contributed by atoms with van der Waals surface area (Å²) >= 11 is 0. The highest BCUT2D eigenvalue weighted by molar-refractivity contribution is 5.67. The summed E-state index contributed by atoms with van der Waals surface area (Å²) in [5, 5.41) is 20.5. The van der Waals surface area contributed by atoms with Gasteiger partial charge in [-0.2, -0.15) is 0 Å². The minimum Gasteiger partial charge on any atom is -0.481 e. The van der Waals surface area contributed by atoms with Crippen LogP contribution in [0.2, 0.25) is 0 Å². The molecule has 0 radical (unpaired) electrons. The smallest absolute Gasteiger partial charge is 0.305 e.